The minimum absolute atomic E-state index is 0.650. The Labute approximate surface area is 56.7 Å². The highest BCUT2D eigenvalue weighted by Crippen LogP contribution is 1.92. The minimum Gasteiger partial charge on any atom is -0.265 e. The minimum atomic E-state index is 0.650. The average Bonchev–Trinajstić information content (AvgIpc) is 2.23. The van der Waals surface area contributed by atoms with Crippen LogP contribution in [0.15, 0.2) is 9.98 Å². The lowest BCUT2D eigenvalue weighted by Crippen LogP contribution is -1.98. The van der Waals surface area contributed by atoms with Gasteiger partial charge in [0, 0.05) is 0 Å². The fourth-order valence-corrected chi connectivity index (χ4v) is 0.476. The molecule has 1 aliphatic heterocycles. The van der Waals surface area contributed by atoms with E-state index in [1.165, 1.54) is 0 Å². The molecule has 2 nitrogen and oxygen atoms in total. The van der Waals surface area contributed by atoms with Gasteiger partial charge in [0.05, 0.1) is 11.4 Å². The summed E-state index contributed by atoms with van der Waals surface area (Å²) < 4.78 is 0. The second-order valence-corrected chi connectivity index (χ2v) is 1.63. The Kier molecular flexibility index (Phi) is 3.93. The second-order valence-electron chi connectivity index (χ2n) is 1.63. The van der Waals surface area contributed by atoms with Crippen LogP contribution in [0, 0.1) is 0 Å². The van der Waals surface area contributed by atoms with Crippen molar-refractivity contribution in [2.24, 2.45) is 9.98 Å². The molecule has 0 fully saturated rings. The van der Waals surface area contributed by atoms with Gasteiger partial charge in [-0.05, 0) is 13.8 Å². The van der Waals surface area contributed by atoms with E-state index in [1.807, 2.05) is 27.7 Å². The highest BCUT2D eigenvalue weighted by molar-refractivity contribution is 6.41. The van der Waals surface area contributed by atoms with Gasteiger partial charge in [-0.1, -0.05) is 13.8 Å². The molecule has 0 aromatic carbocycles. The number of aliphatic imine (C=N–C) groups is 2. The standard InChI is InChI=1S/C5H8N2.C2H6/c1-4-5(2)7-3-6-4;1-2/h3H2,1-2H3;1-2H3. The Morgan fingerprint density at radius 2 is 1.33 bits per heavy atom. The van der Waals surface area contributed by atoms with E-state index >= 15 is 0 Å². The van der Waals surface area contributed by atoms with Crippen LogP contribution in [0.3, 0.4) is 0 Å². The lowest BCUT2D eigenvalue weighted by atomic mass is 10.3. The molecule has 2 heteroatoms. The second kappa shape index (κ2) is 4.24. The highest BCUT2D eigenvalue weighted by atomic mass is 15.0. The molecular formula is C7H14N2. The third kappa shape index (κ3) is 2.40. The van der Waals surface area contributed by atoms with Crippen LogP contribution < -0.4 is 0 Å². The van der Waals surface area contributed by atoms with Gasteiger partial charge in [-0.15, -0.1) is 0 Å². The molecule has 0 spiro atoms. The summed E-state index contributed by atoms with van der Waals surface area (Å²) in [6.07, 6.45) is 0. The van der Waals surface area contributed by atoms with Crippen molar-refractivity contribution in [3.05, 3.63) is 0 Å². The van der Waals surface area contributed by atoms with Crippen molar-refractivity contribution in [1.82, 2.24) is 0 Å². The molecule has 0 saturated heterocycles. The zero-order valence-corrected chi connectivity index (χ0v) is 6.60. The van der Waals surface area contributed by atoms with Crippen molar-refractivity contribution < 1.29 is 0 Å². The van der Waals surface area contributed by atoms with E-state index in [-0.39, 0.29) is 0 Å². The number of nitrogens with zero attached hydrogens (tertiary/aromatic N) is 2. The third-order valence-corrected chi connectivity index (χ3v) is 1.14. The highest BCUT2D eigenvalue weighted by Gasteiger charge is 1.99. The van der Waals surface area contributed by atoms with E-state index in [0.717, 1.165) is 11.4 Å². The summed E-state index contributed by atoms with van der Waals surface area (Å²) in [4.78, 5) is 8.06. The topological polar surface area (TPSA) is 24.7 Å². The lowest BCUT2D eigenvalue weighted by Gasteiger charge is -1.82. The van der Waals surface area contributed by atoms with Gasteiger partial charge in [-0.2, -0.15) is 0 Å². The summed E-state index contributed by atoms with van der Waals surface area (Å²) in [5, 5.41) is 0. The third-order valence-electron chi connectivity index (χ3n) is 1.14. The molecule has 0 aromatic heterocycles. The first-order valence-electron chi connectivity index (χ1n) is 3.33. The van der Waals surface area contributed by atoms with Crippen LogP contribution in [-0.4, -0.2) is 18.1 Å². The fraction of sp³-hybridized carbons (Fsp3) is 0.714. The van der Waals surface area contributed by atoms with Crippen LogP contribution in [0.4, 0.5) is 0 Å². The van der Waals surface area contributed by atoms with E-state index in [0.29, 0.717) is 6.67 Å². The predicted molar refractivity (Wildman–Crippen MR) is 42.4 cm³/mol. The summed E-state index contributed by atoms with van der Waals surface area (Å²) in [6.45, 7) is 8.61. The molecule has 0 N–H and O–H groups in total. The zero-order valence-electron chi connectivity index (χ0n) is 6.60. The first-order chi connectivity index (χ1) is 4.30. The van der Waals surface area contributed by atoms with Gasteiger partial charge >= 0.3 is 0 Å². The predicted octanol–water partition coefficient (Wildman–Crippen LogP) is 1.91. The van der Waals surface area contributed by atoms with Crippen molar-refractivity contribution >= 4 is 11.4 Å². The Morgan fingerprint density at radius 3 is 1.44 bits per heavy atom. The monoisotopic (exact) mass is 126 g/mol. The first kappa shape index (κ1) is 8.34. The van der Waals surface area contributed by atoms with Gasteiger partial charge in [0.15, 0.2) is 0 Å². The van der Waals surface area contributed by atoms with Gasteiger partial charge < -0.3 is 0 Å². The molecule has 0 unspecified atom stereocenters. The Morgan fingerprint density at radius 1 is 1.00 bits per heavy atom. The van der Waals surface area contributed by atoms with Crippen LogP contribution in [0.25, 0.3) is 0 Å². The van der Waals surface area contributed by atoms with E-state index in [1.54, 1.807) is 0 Å². The Balaban J connectivity index is 0.000000291. The van der Waals surface area contributed by atoms with Crippen LogP contribution in [0.5, 0.6) is 0 Å². The molecule has 0 saturated carbocycles. The smallest absolute Gasteiger partial charge is 0.130 e. The van der Waals surface area contributed by atoms with Gasteiger partial charge in [0.1, 0.15) is 6.67 Å². The number of rotatable bonds is 0. The molecule has 0 amide bonds. The van der Waals surface area contributed by atoms with E-state index < -0.39 is 0 Å². The number of hydrogen-bond acceptors (Lipinski definition) is 2. The summed E-state index contributed by atoms with van der Waals surface area (Å²) in [6, 6.07) is 0. The summed E-state index contributed by atoms with van der Waals surface area (Å²) in [7, 11) is 0. The largest absolute Gasteiger partial charge is 0.265 e. The van der Waals surface area contributed by atoms with Gasteiger partial charge in [0.2, 0.25) is 0 Å². The zero-order chi connectivity index (χ0) is 7.28. The Bertz CT molecular complexity index is 118. The van der Waals surface area contributed by atoms with Crippen molar-refractivity contribution in [3.8, 4) is 0 Å². The van der Waals surface area contributed by atoms with Crippen molar-refractivity contribution in [3.63, 3.8) is 0 Å². The molecule has 1 aliphatic rings. The molecule has 0 radical (unpaired) electrons. The molecule has 1 heterocycles. The van der Waals surface area contributed by atoms with E-state index in [9.17, 15) is 0 Å². The molecule has 9 heavy (non-hydrogen) atoms. The van der Waals surface area contributed by atoms with Crippen molar-refractivity contribution in [2.75, 3.05) is 6.67 Å². The molecule has 0 aromatic rings. The lowest BCUT2D eigenvalue weighted by molar-refractivity contribution is 1.10. The first-order valence-corrected chi connectivity index (χ1v) is 3.33. The van der Waals surface area contributed by atoms with Crippen LogP contribution in [0.1, 0.15) is 27.7 Å². The molecule has 52 valence electrons. The normalized spacial score (nSPS) is 15.6. The van der Waals surface area contributed by atoms with Crippen molar-refractivity contribution in [1.29, 1.82) is 0 Å². The maximum Gasteiger partial charge on any atom is 0.130 e. The quantitative estimate of drug-likeness (QED) is 0.473. The maximum absolute atomic E-state index is 4.03. The van der Waals surface area contributed by atoms with E-state index in [4.69, 9.17) is 0 Å². The SMILES string of the molecule is CC.CC1=NCN=C1C. The van der Waals surface area contributed by atoms with Crippen molar-refractivity contribution in [2.45, 2.75) is 27.7 Å². The molecular weight excluding hydrogens is 112 g/mol. The summed E-state index contributed by atoms with van der Waals surface area (Å²) in [5.41, 5.74) is 2.17. The molecule has 1 rings (SSSR count). The Hall–Kier alpha value is -0.660. The van der Waals surface area contributed by atoms with Crippen LogP contribution >= 0.6 is 0 Å². The van der Waals surface area contributed by atoms with E-state index in [2.05, 4.69) is 9.98 Å². The molecule has 0 aliphatic carbocycles. The average molecular weight is 126 g/mol. The fourth-order valence-electron chi connectivity index (χ4n) is 0.476. The van der Waals surface area contributed by atoms with Crippen LogP contribution in [-0.2, 0) is 0 Å². The number of hydrogen-bond donors (Lipinski definition) is 0. The molecule has 0 atom stereocenters. The summed E-state index contributed by atoms with van der Waals surface area (Å²) >= 11 is 0. The van der Waals surface area contributed by atoms with Gasteiger partial charge in [0.25, 0.3) is 0 Å². The molecule has 0 bridgehead atoms. The van der Waals surface area contributed by atoms with Crippen LogP contribution in [0.2, 0.25) is 0 Å². The van der Waals surface area contributed by atoms with Gasteiger partial charge in [-0.3, -0.25) is 9.98 Å². The maximum atomic E-state index is 4.03. The van der Waals surface area contributed by atoms with Gasteiger partial charge in [-0.25, -0.2) is 0 Å². The summed E-state index contributed by atoms with van der Waals surface area (Å²) in [5.74, 6) is 0.